The first-order valence-corrected chi connectivity index (χ1v) is 11.5. The van der Waals surface area contributed by atoms with Crippen LogP contribution < -0.4 is 5.01 Å². The zero-order valence-corrected chi connectivity index (χ0v) is 18.4. The maximum atomic E-state index is 6.32. The molecule has 0 aliphatic carbocycles. The summed E-state index contributed by atoms with van der Waals surface area (Å²) >= 11 is 8.02. The quantitative estimate of drug-likeness (QED) is 0.293. The minimum Gasteiger partial charge on any atom is -0.463 e. The zero-order valence-electron chi connectivity index (χ0n) is 16.9. The molecule has 5 aromatic rings. The lowest BCUT2D eigenvalue weighted by Crippen LogP contribution is -2.20. The number of thiophene rings is 1. The van der Waals surface area contributed by atoms with E-state index in [4.69, 9.17) is 31.1 Å². The van der Waals surface area contributed by atoms with Crippen molar-refractivity contribution in [1.29, 1.82) is 0 Å². The Kier molecular flexibility index (Phi) is 4.74. The van der Waals surface area contributed by atoms with Gasteiger partial charge in [-0.2, -0.15) is 5.10 Å². The largest absolute Gasteiger partial charge is 0.463 e. The van der Waals surface area contributed by atoms with Gasteiger partial charge in [0.05, 0.1) is 23.5 Å². The first-order chi connectivity index (χ1) is 15.8. The average molecular weight is 457 g/mol. The molecule has 0 unspecified atom stereocenters. The Balaban J connectivity index is 1.55. The summed E-state index contributed by atoms with van der Waals surface area (Å²) in [4.78, 5) is 11.1. The van der Waals surface area contributed by atoms with Crippen LogP contribution in [0.3, 0.4) is 0 Å². The van der Waals surface area contributed by atoms with E-state index in [-0.39, 0.29) is 6.04 Å². The van der Waals surface area contributed by atoms with Crippen molar-refractivity contribution in [3.05, 3.63) is 100 Å². The summed E-state index contributed by atoms with van der Waals surface area (Å²) in [5.41, 5.74) is 3.55. The maximum Gasteiger partial charge on any atom is 0.247 e. The first-order valence-electron chi connectivity index (χ1n) is 10.2. The summed E-state index contributed by atoms with van der Waals surface area (Å²) in [6, 6.07) is 23.8. The molecule has 6 rings (SSSR count). The van der Waals surface area contributed by atoms with E-state index in [0.717, 1.165) is 40.1 Å². The van der Waals surface area contributed by atoms with Crippen molar-refractivity contribution in [2.75, 3.05) is 5.01 Å². The molecule has 0 saturated carbocycles. The summed E-state index contributed by atoms with van der Waals surface area (Å²) in [5, 5.41) is 10.5. The number of hydrogen-bond acceptors (Lipinski definition) is 6. The molecule has 156 valence electrons. The van der Waals surface area contributed by atoms with Gasteiger partial charge in [-0.1, -0.05) is 48.0 Å². The number of halogens is 1. The van der Waals surface area contributed by atoms with Crippen LogP contribution in [0.15, 0.2) is 94.0 Å². The van der Waals surface area contributed by atoms with E-state index in [1.807, 2.05) is 65.7 Å². The van der Waals surface area contributed by atoms with Crippen LogP contribution in [0.2, 0.25) is 5.02 Å². The van der Waals surface area contributed by atoms with Crippen molar-refractivity contribution in [3.8, 4) is 11.3 Å². The predicted molar refractivity (Wildman–Crippen MR) is 129 cm³/mol. The van der Waals surface area contributed by atoms with Crippen LogP contribution in [0.25, 0.3) is 22.2 Å². The molecular weight excluding hydrogens is 440 g/mol. The molecule has 32 heavy (non-hydrogen) atoms. The van der Waals surface area contributed by atoms with Crippen molar-refractivity contribution in [2.24, 2.45) is 5.10 Å². The Labute approximate surface area is 193 Å². The van der Waals surface area contributed by atoms with Crippen LogP contribution in [0, 0.1) is 0 Å². The molecule has 0 radical (unpaired) electrons. The first kappa shape index (κ1) is 19.2. The van der Waals surface area contributed by atoms with Gasteiger partial charge < -0.3 is 4.42 Å². The van der Waals surface area contributed by atoms with Crippen LogP contribution in [0.4, 0.5) is 5.95 Å². The van der Waals surface area contributed by atoms with Crippen LogP contribution >= 0.6 is 22.9 Å². The van der Waals surface area contributed by atoms with Crippen molar-refractivity contribution in [2.45, 2.75) is 12.5 Å². The number of nitrogens with zero attached hydrogens (tertiary/aromatic N) is 4. The Morgan fingerprint density at radius 1 is 0.969 bits per heavy atom. The third-order valence-electron chi connectivity index (χ3n) is 5.49. The van der Waals surface area contributed by atoms with E-state index in [0.29, 0.717) is 11.0 Å². The van der Waals surface area contributed by atoms with Gasteiger partial charge in [-0.15, -0.1) is 11.3 Å². The van der Waals surface area contributed by atoms with Crippen molar-refractivity contribution >= 4 is 45.5 Å². The van der Waals surface area contributed by atoms with Gasteiger partial charge in [0.1, 0.15) is 11.5 Å². The van der Waals surface area contributed by atoms with Gasteiger partial charge in [-0.3, -0.25) is 0 Å². The molecule has 7 heteroatoms. The number of anilines is 1. The Morgan fingerprint density at radius 3 is 2.66 bits per heavy atom. The summed E-state index contributed by atoms with van der Waals surface area (Å²) in [6.45, 7) is 0. The van der Waals surface area contributed by atoms with E-state index < -0.39 is 0 Å². The maximum absolute atomic E-state index is 6.32. The molecule has 0 saturated heterocycles. The fraction of sp³-hybridized carbons (Fsp3) is 0.0800. The molecule has 0 N–H and O–H groups in total. The molecule has 3 aromatic heterocycles. The molecule has 1 aliphatic heterocycles. The van der Waals surface area contributed by atoms with Gasteiger partial charge in [0, 0.05) is 27.3 Å². The highest BCUT2D eigenvalue weighted by Crippen LogP contribution is 2.39. The second-order valence-corrected chi connectivity index (χ2v) is 8.92. The fourth-order valence-electron chi connectivity index (χ4n) is 4.00. The van der Waals surface area contributed by atoms with Gasteiger partial charge in [-0.05, 0) is 41.8 Å². The van der Waals surface area contributed by atoms with E-state index in [9.17, 15) is 0 Å². The second kappa shape index (κ2) is 7.89. The van der Waals surface area contributed by atoms with Crippen LogP contribution in [-0.4, -0.2) is 15.7 Å². The normalized spacial score (nSPS) is 16.0. The van der Waals surface area contributed by atoms with E-state index in [2.05, 4.69) is 17.5 Å². The third kappa shape index (κ3) is 3.38. The Bertz CT molecular complexity index is 1420. The number of hydrogen-bond donors (Lipinski definition) is 0. The Morgan fingerprint density at radius 2 is 1.88 bits per heavy atom. The molecule has 0 amide bonds. The topological polar surface area (TPSA) is 54.5 Å². The van der Waals surface area contributed by atoms with Crippen LogP contribution in [0.5, 0.6) is 0 Å². The molecular formula is C25H17ClN4OS. The number of fused-ring (bicyclic) bond motifs is 1. The minimum atomic E-state index is 0.00322. The van der Waals surface area contributed by atoms with Crippen molar-refractivity contribution in [3.63, 3.8) is 0 Å². The van der Waals surface area contributed by atoms with Crippen molar-refractivity contribution < 1.29 is 4.42 Å². The van der Waals surface area contributed by atoms with E-state index >= 15 is 0 Å². The van der Waals surface area contributed by atoms with Crippen LogP contribution in [-0.2, 0) is 0 Å². The van der Waals surface area contributed by atoms with Gasteiger partial charge in [-0.25, -0.2) is 15.0 Å². The lowest BCUT2D eigenvalue weighted by atomic mass is 10.1. The minimum absolute atomic E-state index is 0.00322. The lowest BCUT2D eigenvalue weighted by molar-refractivity contribution is 0.556. The molecule has 5 nitrogen and oxygen atoms in total. The SMILES string of the molecule is Clc1ccc2nc(N3N=C(c4ccco4)C[C@H]3c3cccs3)nc(-c3ccccc3)c2c1. The standard InChI is InChI=1S/C25H17ClN4OS/c26-17-10-11-19-18(14-17)24(16-6-2-1-3-7-16)28-25(27-19)30-21(23-9-5-13-32-23)15-20(29-30)22-8-4-12-31-22/h1-14,21H,15H2/t21-/m0/s1. The number of furan rings is 1. The smallest absolute Gasteiger partial charge is 0.247 e. The summed E-state index contributed by atoms with van der Waals surface area (Å²) in [6.07, 6.45) is 2.39. The predicted octanol–water partition coefficient (Wildman–Crippen LogP) is 6.96. The van der Waals surface area contributed by atoms with Gasteiger partial charge in [0.2, 0.25) is 5.95 Å². The molecule has 1 aliphatic rings. The molecule has 1 atom stereocenters. The molecule has 4 heterocycles. The van der Waals surface area contributed by atoms with Gasteiger partial charge in [0.15, 0.2) is 0 Å². The number of hydrazone groups is 1. The van der Waals surface area contributed by atoms with Crippen LogP contribution in [0.1, 0.15) is 23.1 Å². The number of rotatable bonds is 4. The van der Waals surface area contributed by atoms with Crippen molar-refractivity contribution in [1.82, 2.24) is 9.97 Å². The highest BCUT2D eigenvalue weighted by atomic mass is 35.5. The fourth-order valence-corrected chi connectivity index (χ4v) is 4.98. The summed E-state index contributed by atoms with van der Waals surface area (Å²) < 4.78 is 5.63. The molecule has 0 fully saturated rings. The second-order valence-electron chi connectivity index (χ2n) is 7.50. The highest BCUT2D eigenvalue weighted by molar-refractivity contribution is 7.10. The van der Waals surface area contributed by atoms with E-state index in [1.165, 1.54) is 4.88 Å². The monoisotopic (exact) mass is 456 g/mol. The molecule has 2 aromatic carbocycles. The zero-order chi connectivity index (χ0) is 21.5. The highest BCUT2D eigenvalue weighted by Gasteiger charge is 2.33. The summed E-state index contributed by atoms with van der Waals surface area (Å²) in [5.74, 6) is 1.32. The number of benzene rings is 2. The summed E-state index contributed by atoms with van der Waals surface area (Å²) in [7, 11) is 0. The lowest BCUT2D eigenvalue weighted by Gasteiger charge is -2.21. The number of aromatic nitrogens is 2. The van der Waals surface area contributed by atoms with Gasteiger partial charge >= 0.3 is 0 Å². The average Bonchev–Trinajstić information content (AvgIpc) is 3.60. The van der Waals surface area contributed by atoms with Gasteiger partial charge in [0.25, 0.3) is 0 Å². The molecule has 0 spiro atoms. The third-order valence-corrected chi connectivity index (χ3v) is 6.69. The van der Waals surface area contributed by atoms with E-state index in [1.54, 1.807) is 17.6 Å². The Hall–Kier alpha value is -3.48. The molecule has 0 bridgehead atoms.